The van der Waals surface area contributed by atoms with E-state index in [9.17, 15) is 4.39 Å². The Labute approximate surface area is 129 Å². The Morgan fingerprint density at radius 3 is 2.77 bits per heavy atom. The largest absolute Gasteiger partial charge is 0.368 e. The molecule has 118 valence electrons. The number of morpholine rings is 1. The summed E-state index contributed by atoms with van der Waals surface area (Å²) in [6, 6.07) is 7.06. The van der Waals surface area contributed by atoms with Crippen molar-refractivity contribution < 1.29 is 9.13 Å². The zero-order chi connectivity index (χ0) is 15.5. The van der Waals surface area contributed by atoms with Crippen molar-refractivity contribution in [2.24, 2.45) is 7.05 Å². The van der Waals surface area contributed by atoms with Crippen molar-refractivity contribution in [3.63, 3.8) is 0 Å². The van der Waals surface area contributed by atoms with Gasteiger partial charge in [0, 0.05) is 26.2 Å². The van der Waals surface area contributed by atoms with Crippen LogP contribution >= 0.6 is 0 Å². The summed E-state index contributed by atoms with van der Waals surface area (Å²) >= 11 is 0. The van der Waals surface area contributed by atoms with E-state index in [4.69, 9.17) is 4.74 Å². The molecule has 1 aliphatic heterocycles. The lowest BCUT2D eigenvalue weighted by atomic mass is 10.0. The van der Waals surface area contributed by atoms with Crippen LogP contribution in [0.1, 0.15) is 36.9 Å². The number of rotatable bonds is 4. The van der Waals surface area contributed by atoms with Gasteiger partial charge in [0.1, 0.15) is 18.2 Å². The van der Waals surface area contributed by atoms with Crippen LogP contribution in [0.5, 0.6) is 0 Å². The van der Waals surface area contributed by atoms with E-state index < -0.39 is 0 Å². The summed E-state index contributed by atoms with van der Waals surface area (Å²) in [6.45, 7) is 4.45. The van der Waals surface area contributed by atoms with Crippen LogP contribution < -0.4 is 0 Å². The summed E-state index contributed by atoms with van der Waals surface area (Å²) in [4.78, 5) is 2.39. The fraction of sp³-hybridized carbons (Fsp3) is 0.500. The van der Waals surface area contributed by atoms with E-state index in [1.807, 2.05) is 23.7 Å². The lowest BCUT2D eigenvalue weighted by Gasteiger charge is -2.37. The van der Waals surface area contributed by atoms with Crippen molar-refractivity contribution in [3.8, 4) is 0 Å². The van der Waals surface area contributed by atoms with Crippen LogP contribution in [0.25, 0.3) is 0 Å². The Morgan fingerprint density at radius 1 is 1.36 bits per heavy atom. The van der Waals surface area contributed by atoms with Gasteiger partial charge in [-0.15, -0.1) is 10.2 Å². The van der Waals surface area contributed by atoms with Crippen LogP contribution in [0.15, 0.2) is 30.6 Å². The Hall–Kier alpha value is -1.79. The number of aryl methyl sites for hydroxylation is 1. The standard InChI is InChI=1S/C16H21FN4O/c1-3-14(12-4-6-13(17)7-5-12)21-8-9-22-15(10-21)16-19-18-11-20(16)2/h4-7,11,14-15H,3,8-10H2,1-2H3/t14-,15-/m1/s1. The molecule has 0 aliphatic carbocycles. The molecule has 1 fully saturated rings. The molecule has 0 unspecified atom stereocenters. The van der Waals surface area contributed by atoms with Gasteiger partial charge >= 0.3 is 0 Å². The zero-order valence-electron chi connectivity index (χ0n) is 12.9. The molecule has 0 radical (unpaired) electrons. The Bertz CT molecular complexity index is 613. The second-order valence-corrected chi connectivity index (χ2v) is 5.63. The Balaban J connectivity index is 1.77. The van der Waals surface area contributed by atoms with Gasteiger partial charge in [-0.3, -0.25) is 4.90 Å². The van der Waals surface area contributed by atoms with Crippen LogP contribution in [0, 0.1) is 5.82 Å². The molecule has 0 spiro atoms. The molecule has 3 rings (SSSR count). The zero-order valence-corrected chi connectivity index (χ0v) is 12.9. The first-order chi connectivity index (χ1) is 10.7. The highest BCUT2D eigenvalue weighted by molar-refractivity contribution is 5.20. The predicted molar refractivity (Wildman–Crippen MR) is 80.7 cm³/mol. The van der Waals surface area contributed by atoms with Gasteiger partial charge < -0.3 is 9.30 Å². The third-order valence-electron chi connectivity index (χ3n) is 4.21. The summed E-state index contributed by atoms with van der Waals surface area (Å²) < 4.78 is 20.9. The summed E-state index contributed by atoms with van der Waals surface area (Å²) in [5.74, 6) is 0.649. The lowest BCUT2D eigenvalue weighted by Crippen LogP contribution is -2.41. The van der Waals surface area contributed by atoms with Crippen molar-refractivity contribution >= 4 is 0 Å². The van der Waals surface area contributed by atoms with E-state index in [2.05, 4.69) is 22.0 Å². The van der Waals surface area contributed by atoms with Gasteiger partial charge in [0.2, 0.25) is 0 Å². The van der Waals surface area contributed by atoms with Crippen molar-refractivity contribution in [3.05, 3.63) is 47.8 Å². The Kier molecular flexibility index (Phi) is 4.49. The summed E-state index contributed by atoms with van der Waals surface area (Å²) in [6.07, 6.45) is 2.59. The topological polar surface area (TPSA) is 43.2 Å². The van der Waals surface area contributed by atoms with Gasteiger partial charge in [-0.25, -0.2) is 4.39 Å². The van der Waals surface area contributed by atoms with Crippen LogP contribution in [0.2, 0.25) is 0 Å². The minimum absolute atomic E-state index is 0.0734. The molecule has 1 aromatic heterocycles. The first kappa shape index (κ1) is 15.1. The fourth-order valence-corrected chi connectivity index (χ4v) is 3.08. The quantitative estimate of drug-likeness (QED) is 0.870. The minimum atomic E-state index is -0.197. The highest BCUT2D eigenvalue weighted by Crippen LogP contribution is 2.30. The van der Waals surface area contributed by atoms with Crippen molar-refractivity contribution in [2.75, 3.05) is 19.7 Å². The molecule has 1 aliphatic rings. The van der Waals surface area contributed by atoms with Crippen molar-refractivity contribution in [1.29, 1.82) is 0 Å². The van der Waals surface area contributed by atoms with Crippen LogP contribution in [0.4, 0.5) is 4.39 Å². The highest BCUT2D eigenvalue weighted by Gasteiger charge is 2.29. The van der Waals surface area contributed by atoms with E-state index in [0.29, 0.717) is 6.61 Å². The predicted octanol–water partition coefficient (Wildman–Crippen LogP) is 2.48. The fourth-order valence-electron chi connectivity index (χ4n) is 3.08. The van der Waals surface area contributed by atoms with Gasteiger partial charge in [-0.1, -0.05) is 19.1 Å². The van der Waals surface area contributed by atoms with E-state index in [0.717, 1.165) is 30.9 Å². The molecular weight excluding hydrogens is 283 g/mol. The number of benzene rings is 1. The van der Waals surface area contributed by atoms with E-state index in [1.165, 1.54) is 12.1 Å². The molecule has 2 heterocycles. The number of hydrogen-bond acceptors (Lipinski definition) is 4. The maximum Gasteiger partial charge on any atom is 0.163 e. The van der Waals surface area contributed by atoms with Crippen molar-refractivity contribution in [1.82, 2.24) is 19.7 Å². The van der Waals surface area contributed by atoms with Gasteiger partial charge in [-0.2, -0.15) is 0 Å². The molecule has 0 bridgehead atoms. The third kappa shape index (κ3) is 3.03. The molecule has 0 saturated carbocycles. The average molecular weight is 304 g/mol. The van der Waals surface area contributed by atoms with Gasteiger partial charge in [-0.05, 0) is 24.1 Å². The molecule has 2 atom stereocenters. The summed E-state index contributed by atoms with van der Waals surface area (Å²) in [7, 11) is 1.93. The third-order valence-corrected chi connectivity index (χ3v) is 4.21. The van der Waals surface area contributed by atoms with Crippen LogP contribution in [0.3, 0.4) is 0 Å². The number of aromatic nitrogens is 3. The highest BCUT2D eigenvalue weighted by atomic mass is 19.1. The SMILES string of the molecule is CC[C@H](c1ccc(F)cc1)N1CCO[C@@H](c2nncn2C)C1. The van der Waals surface area contributed by atoms with E-state index in [1.54, 1.807) is 6.33 Å². The average Bonchev–Trinajstić information content (AvgIpc) is 2.96. The maximum absolute atomic E-state index is 13.1. The number of hydrogen-bond donors (Lipinski definition) is 0. The van der Waals surface area contributed by atoms with E-state index >= 15 is 0 Å². The van der Waals surface area contributed by atoms with Gasteiger partial charge in [0.05, 0.1) is 6.61 Å². The smallest absolute Gasteiger partial charge is 0.163 e. The molecular formula is C16H21FN4O. The van der Waals surface area contributed by atoms with Crippen LogP contribution in [-0.2, 0) is 11.8 Å². The summed E-state index contributed by atoms with van der Waals surface area (Å²) in [5, 5.41) is 8.08. The maximum atomic E-state index is 13.1. The molecule has 5 nitrogen and oxygen atoms in total. The lowest BCUT2D eigenvalue weighted by molar-refractivity contribution is -0.0513. The second-order valence-electron chi connectivity index (χ2n) is 5.63. The number of ether oxygens (including phenoxy) is 1. The second kappa shape index (κ2) is 6.54. The molecule has 1 aromatic carbocycles. The number of halogens is 1. The van der Waals surface area contributed by atoms with Gasteiger partial charge in [0.15, 0.2) is 5.82 Å². The first-order valence-electron chi connectivity index (χ1n) is 7.64. The number of nitrogens with zero attached hydrogens (tertiary/aromatic N) is 4. The van der Waals surface area contributed by atoms with Crippen molar-refractivity contribution in [2.45, 2.75) is 25.5 Å². The Morgan fingerprint density at radius 2 is 2.14 bits per heavy atom. The summed E-state index contributed by atoms with van der Waals surface area (Å²) in [5.41, 5.74) is 1.14. The normalized spacial score (nSPS) is 21.0. The molecule has 22 heavy (non-hydrogen) atoms. The van der Waals surface area contributed by atoms with Gasteiger partial charge in [0.25, 0.3) is 0 Å². The van der Waals surface area contributed by atoms with Crippen LogP contribution in [-0.4, -0.2) is 39.4 Å². The molecule has 0 N–H and O–H groups in total. The molecule has 2 aromatic rings. The van der Waals surface area contributed by atoms with E-state index in [-0.39, 0.29) is 18.0 Å². The first-order valence-corrected chi connectivity index (χ1v) is 7.64. The minimum Gasteiger partial charge on any atom is -0.368 e. The monoisotopic (exact) mass is 304 g/mol. The molecule has 6 heteroatoms. The molecule has 0 amide bonds. The molecule has 1 saturated heterocycles.